The first-order valence-corrected chi connectivity index (χ1v) is 6.99. The van der Waals surface area contributed by atoms with Crippen LogP contribution in [0.25, 0.3) is 0 Å². The van der Waals surface area contributed by atoms with E-state index in [9.17, 15) is 9.59 Å². The minimum absolute atomic E-state index is 0.0136. The Bertz CT molecular complexity index is 372. The van der Waals surface area contributed by atoms with Crippen LogP contribution in [0.2, 0.25) is 0 Å². The molecule has 0 aromatic carbocycles. The van der Waals surface area contributed by atoms with Gasteiger partial charge in [-0.3, -0.25) is 14.6 Å². The fourth-order valence-electron chi connectivity index (χ4n) is 2.66. The summed E-state index contributed by atoms with van der Waals surface area (Å²) in [6.45, 7) is 4.79. The lowest BCUT2D eigenvalue weighted by atomic mass is 10.1. The van der Waals surface area contributed by atoms with E-state index >= 15 is 0 Å². The smallest absolute Gasteiger partial charge is 0.245 e. The summed E-state index contributed by atoms with van der Waals surface area (Å²) in [6, 6.07) is -0.0614. The van der Waals surface area contributed by atoms with Gasteiger partial charge < -0.3 is 21.3 Å². The predicted octanol–water partition coefficient (Wildman–Crippen LogP) is -0.575. The Labute approximate surface area is 120 Å². The number of hydrogen-bond acceptors (Lipinski definition) is 3. The van der Waals surface area contributed by atoms with Gasteiger partial charge in [0.2, 0.25) is 12.3 Å². The molecule has 1 saturated heterocycles. The Hall–Kier alpha value is -1.79. The van der Waals surface area contributed by atoms with Crippen LogP contribution in [0.1, 0.15) is 33.1 Å². The van der Waals surface area contributed by atoms with Gasteiger partial charge in [-0.05, 0) is 33.1 Å². The van der Waals surface area contributed by atoms with E-state index in [0.717, 1.165) is 19.4 Å². The second-order valence-electron chi connectivity index (χ2n) is 5.19. The van der Waals surface area contributed by atoms with E-state index in [4.69, 9.17) is 5.73 Å². The molecular formula is C13H25N5O2. The van der Waals surface area contributed by atoms with Crippen LogP contribution in [-0.2, 0) is 9.59 Å². The summed E-state index contributed by atoms with van der Waals surface area (Å²) in [7, 11) is 1.63. The summed E-state index contributed by atoms with van der Waals surface area (Å²) >= 11 is 0. The average Bonchev–Trinajstić information content (AvgIpc) is 2.69. The number of nitrogens with one attached hydrogen (secondary N) is 2. The molecule has 7 nitrogen and oxygen atoms in total. The molecule has 20 heavy (non-hydrogen) atoms. The number of carbonyl (C=O) groups excluding carboxylic acids is 2. The highest BCUT2D eigenvalue weighted by Gasteiger charge is 2.38. The fourth-order valence-corrected chi connectivity index (χ4v) is 2.66. The normalized spacial score (nSPS) is 24.6. The van der Waals surface area contributed by atoms with Crippen molar-refractivity contribution >= 4 is 18.3 Å². The van der Waals surface area contributed by atoms with E-state index in [1.807, 2.05) is 18.7 Å². The highest BCUT2D eigenvalue weighted by atomic mass is 16.2. The Balaban J connectivity index is 2.40. The minimum Gasteiger partial charge on any atom is -0.370 e. The van der Waals surface area contributed by atoms with Crippen molar-refractivity contribution in [3.8, 4) is 0 Å². The number of hydrogen-bond donors (Lipinski definition) is 3. The zero-order valence-electron chi connectivity index (χ0n) is 12.4. The number of rotatable bonds is 7. The first-order chi connectivity index (χ1) is 9.51. The van der Waals surface area contributed by atoms with Crippen molar-refractivity contribution in [1.82, 2.24) is 15.5 Å². The highest BCUT2D eigenvalue weighted by Crippen LogP contribution is 2.23. The van der Waals surface area contributed by atoms with E-state index in [1.165, 1.54) is 0 Å². The van der Waals surface area contributed by atoms with Crippen molar-refractivity contribution in [2.75, 3.05) is 13.6 Å². The first kappa shape index (κ1) is 16.3. The molecule has 0 radical (unpaired) electrons. The number of carbonyl (C=O) groups is 2. The van der Waals surface area contributed by atoms with Crippen LogP contribution in [0.15, 0.2) is 4.99 Å². The standard InChI is InChI=1S/C13H25N5O2/c1-9(5-4-6-16-13(14)15-3)18-10(2)7-11(12(18)20)17-8-19/h8-11H,4-7H2,1-3H3,(H,17,19)(H3,14,15,16). The van der Waals surface area contributed by atoms with Gasteiger partial charge in [0.15, 0.2) is 5.96 Å². The quantitative estimate of drug-likeness (QED) is 0.252. The van der Waals surface area contributed by atoms with Crippen LogP contribution >= 0.6 is 0 Å². The molecule has 1 aliphatic rings. The Morgan fingerprint density at radius 3 is 2.95 bits per heavy atom. The number of amides is 2. The van der Waals surface area contributed by atoms with Gasteiger partial charge in [0.05, 0.1) is 0 Å². The lowest BCUT2D eigenvalue weighted by Gasteiger charge is -2.29. The van der Waals surface area contributed by atoms with Crippen LogP contribution in [0.4, 0.5) is 0 Å². The van der Waals surface area contributed by atoms with Gasteiger partial charge in [-0.15, -0.1) is 0 Å². The van der Waals surface area contributed by atoms with Crippen molar-refractivity contribution in [3.63, 3.8) is 0 Å². The summed E-state index contributed by atoms with van der Waals surface area (Å²) < 4.78 is 0. The molecule has 0 aromatic heterocycles. The summed E-state index contributed by atoms with van der Waals surface area (Å²) in [5.74, 6) is 0.443. The molecule has 1 aliphatic heterocycles. The third-order valence-electron chi connectivity index (χ3n) is 3.69. The van der Waals surface area contributed by atoms with Gasteiger partial charge in [-0.2, -0.15) is 0 Å². The molecule has 1 rings (SSSR count). The van der Waals surface area contributed by atoms with Crippen molar-refractivity contribution in [2.45, 2.75) is 51.2 Å². The molecule has 0 bridgehead atoms. The second kappa shape index (κ2) is 7.72. The first-order valence-electron chi connectivity index (χ1n) is 6.99. The molecule has 0 aliphatic carbocycles. The van der Waals surface area contributed by atoms with Gasteiger partial charge in [0.25, 0.3) is 0 Å². The molecule has 0 aromatic rings. The maximum atomic E-state index is 12.2. The van der Waals surface area contributed by atoms with Crippen LogP contribution < -0.4 is 16.4 Å². The van der Waals surface area contributed by atoms with E-state index in [2.05, 4.69) is 15.6 Å². The summed E-state index contributed by atoms with van der Waals surface area (Å²) in [5, 5.41) is 5.58. The summed E-state index contributed by atoms with van der Waals surface area (Å²) in [4.78, 5) is 28.4. The molecule has 114 valence electrons. The monoisotopic (exact) mass is 283 g/mol. The number of nitrogens with two attached hydrogens (primary N) is 1. The Kier molecular flexibility index (Phi) is 6.27. The van der Waals surface area contributed by atoms with Crippen LogP contribution in [0.3, 0.4) is 0 Å². The second-order valence-corrected chi connectivity index (χ2v) is 5.19. The van der Waals surface area contributed by atoms with Gasteiger partial charge in [-0.25, -0.2) is 0 Å². The van der Waals surface area contributed by atoms with Gasteiger partial charge in [0, 0.05) is 25.7 Å². The summed E-state index contributed by atoms with van der Waals surface area (Å²) in [5.41, 5.74) is 5.54. The SMILES string of the molecule is CN=C(N)NCCCC(C)N1C(=O)C(NC=O)CC1C. The molecule has 3 unspecified atom stereocenters. The minimum atomic E-state index is -0.369. The largest absolute Gasteiger partial charge is 0.370 e. The number of nitrogens with zero attached hydrogens (tertiary/aromatic N) is 2. The molecule has 0 saturated carbocycles. The van der Waals surface area contributed by atoms with Gasteiger partial charge >= 0.3 is 0 Å². The van der Waals surface area contributed by atoms with Crippen molar-refractivity contribution < 1.29 is 9.59 Å². The van der Waals surface area contributed by atoms with E-state index in [1.54, 1.807) is 7.05 Å². The molecule has 4 N–H and O–H groups in total. The third-order valence-corrected chi connectivity index (χ3v) is 3.69. The lowest BCUT2D eigenvalue weighted by molar-refractivity contribution is -0.133. The third kappa shape index (κ3) is 4.11. The highest BCUT2D eigenvalue weighted by molar-refractivity contribution is 5.86. The topological polar surface area (TPSA) is 99.8 Å². The zero-order chi connectivity index (χ0) is 15.1. The summed E-state index contributed by atoms with van der Waals surface area (Å²) in [6.07, 6.45) is 3.06. The predicted molar refractivity (Wildman–Crippen MR) is 78.2 cm³/mol. The Morgan fingerprint density at radius 1 is 1.65 bits per heavy atom. The Morgan fingerprint density at radius 2 is 2.35 bits per heavy atom. The van der Waals surface area contributed by atoms with Crippen LogP contribution in [0.5, 0.6) is 0 Å². The van der Waals surface area contributed by atoms with E-state index in [-0.39, 0.29) is 24.0 Å². The van der Waals surface area contributed by atoms with Crippen LogP contribution in [-0.4, -0.2) is 54.9 Å². The number of guanidine groups is 1. The van der Waals surface area contributed by atoms with Crippen molar-refractivity contribution in [3.05, 3.63) is 0 Å². The van der Waals surface area contributed by atoms with Gasteiger partial charge in [-0.1, -0.05) is 0 Å². The molecule has 3 atom stereocenters. The fraction of sp³-hybridized carbons (Fsp3) is 0.769. The molecule has 1 heterocycles. The molecular weight excluding hydrogens is 258 g/mol. The molecule has 7 heteroatoms. The van der Waals surface area contributed by atoms with Crippen LogP contribution in [0, 0.1) is 0 Å². The van der Waals surface area contributed by atoms with E-state index in [0.29, 0.717) is 18.8 Å². The van der Waals surface area contributed by atoms with Crippen molar-refractivity contribution in [2.24, 2.45) is 10.7 Å². The molecule has 0 spiro atoms. The maximum absolute atomic E-state index is 12.2. The maximum Gasteiger partial charge on any atom is 0.245 e. The van der Waals surface area contributed by atoms with E-state index < -0.39 is 0 Å². The zero-order valence-corrected chi connectivity index (χ0v) is 12.4. The molecule has 2 amide bonds. The average molecular weight is 283 g/mol. The molecule has 1 fully saturated rings. The number of aliphatic imine (C=N–C) groups is 1. The van der Waals surface area contributed by atoms with Gasteiger partial charge in [0.1, 0.15) is 6.04 Å². The van der Waals surface area contributed by atoms with Crippen molar-refractivity contribution in [1.29, 1.82) is 0 Å². The lowest BCUT2D eigenvalue weighted by Crippen LogP contribution is -2.43. The number of likely N-dealkylation sites (tertiary alicyclic amines) is 1.